The smallest absolute Gasteiger partial charge is 0.144 e. The van der Waals surface area contributed by atoms with Crippen molar-refractivity contribution in [2.75, 3.05) is 32.9 Å². The minimum absolute atomic E-state index is 0.0708. The lowest BCUT2D eigenvalue weighted by Crippen LogP contribution is -2.35. The summed E-state index contributed by atoms with van der Waals surface area (Å²) in [5.74, 6) is 0.255. The molecule has 102 valence electrons. The van der Waals surface area contributed by atoms with Crippen LogP contribution < -0.4 is 11.1 Å². The fraction of sp³-hybridized carbons (Fsp3) is 0.909. The fourth-order valence-corrected chi connectivity index (χ4v) is 1.26. The average Bonchev–Trinajstić information content (AvgIpc) is 2.31. The lowest BCUT2D eigenvalue weighted by molar-refractivity contribution is 0.0907. The molecule has 0 spiro atoms. The zero-order valence-electron chi connectivity index (χ0n) is 10.8. The monoisotopic (exact) mass is 247 g/mol. The summed E-state index contributed by atoms with van der Waals surface area (Å²) in [5, 5.41) is 23.4. The van der Waals surface area contributed by atoms with Gasteiger partial charge >= 0.3 is 0 Å². The van der Waals surface area contributed by atoms with E-state index >= 15 is 0 Å². The minimum Gasteiger partial charge on any atom is -0.409 e. The Kier molecular flexibility index (Phi) is 8.75. The van der Waals surface area contributed by atoms with Crippen molar-refractivity contribution in [1.29, 1.82) is 0 Å². The number of ether oxygens (including phenoxy) is 1. The van der Waals surface area contributed by atoms with Crippen LogP contribution in [0.2, 0.25) is 0 Å². The number of hydrogen-bond donors (Lipinski definition) is 4. The molecule has 6 heteroatoms. The Morgan fingerprint density at radius 2 is 2.06 bits per heavy atom. The Morgan fingerprint density at radius 1 is 1.35 bits per heavy atom. The van der Waals surface area contributed by atoms with Gasteiger partial charge in [0.1, 0.15) is 5.84 Å². The SMILES string of the molecule is CC(C)(CCNCCCOCCO)C(N)=NO. The summed E-state index contributed by atoms with van der Waals surface area (Å²) in [6, 6.07) is 0. The molecule has 17 heavy (non-hydrogen) atoms. The standard InChI is InChI=1S/C11H25N3O3/c1-11(2,10(12)14-16)4-6-13-5-3-8-17-9-7-15/h13,15-16H,3-9H2,1-2H3,(H2,12,14). The molecule has 0 amide bonds. The molecule has 0 heterocycles. The van der Waals surface area contributed by atoms with Crippen molar-refractivity contribution in [3.05, 3.63) is 0 Å². The van der Waals surface area contributed by atoms with Crippen LogP contribution in [-0.2, 0) is 4.74 Å². The second-order valence-corrected chi connectivity index (χ2v) is 4.56. The zero-order valence-corrected chi connectivity index (χ0v) is 10.8. The fourth-order valence-electron chi connectivity index (χ4n) is 1.26. The molecule has 0 radical (unpaired) electrons. The molecule has 0 atom stereocenters. The molecule has 0 aliphatic heterocycles. The molecule has 0 aliphatic rings. The van der Waals surface area contributed by atoms with Crippen LogP contribution in [0.3, 0.4) is 0 Å². The molecule has 0 saturated carbocycles. The Morgan fingerprint density at radius 3 is 2.65 bits per heavy atom. The maximum Gasteiger partial charge on any atom is 0.144 e. The first-order valence-electron chi connectivity index (χ1n) is 5.92. The van der Waals surface area contributed by atoms with E-state index in [1.165, 1.54) is 0 Å². The van der Waals surface area contributed by atoms with E-state index in [2.05, 4.69) is 10.5 Å². The normalized spacial score (nSPS) is 13.0. The van der Waals surface area contributed by atoms with Crippen LogP contribution in [0.1, 0.15) is 26.7 Å². The van der Waals surface area contributed by atoms with E-state index in [-0.39, 0.29) is 17.9 Å². The predicted molar refractivity (Wildman–Crippen MR) is 67.2 cm³/mol. The molecule has 5 N–H and O–H groups in total. The van der Waals surface area contributed by atoms with Crippen LogP contribution >= 0.6 is 0 Å². The van der Waals surface area contributed by atoms with Gasteiger partial charge in [0.05, 0.1) is 13.2 Å². The van der Waals surface area contributed by atoms with Gasteiger partial charge in [-0.05, 0) is 25.9 Å². The van der Waals surface area contributed by atoms with Gasteiger partial charge in [0.15, 0.2) is 0 Å². The first-order chi connectivity index (χ1) is 8.04. The third kappa shape index (κ3) is 7.95. The van der Waals surface area contributed by atoms with Crippen molar-refractivity contribution in [2.24, 2.45) is 16.3 Å². The first kappa shape index (κ1) is 16.1. The van der Waals surface area contributed by atoms with E-state index in [1.807, 2.05) is 13.8 Å². The lowest BCUT2D eigenvalue weighted by Gasteiger charge is -2.22. The summed E-state index contributed by atoms with van der Waals surface area (Å²) in [4.78, 5) is 0. The molecule has 0 unspecified atom stereocenters. The highest BCUT2D eigenvalue weighted by molar-refractivity contribution is 5.85. The summed E-state index contributed by atoms with van der Waals surface area (Å²) >= 11 is 0. The van der Waals surface area contributed by atoms with Gasteiger partial charge < -0.3 is 26.1 Å². The van der Waals surface area contributed by atoms with Crippen LogP contribution in [-0.4, -0.2) is 49.1 Å². The van der Waals surface area contributed by atoms with Gasteiger partial charge in [0.2, 0.25) is 0 Å². The molecule has 0 aromatic carbocycles. The Labute approximate surface area is 103 Å². The van der Waals surface area contributed by atoms with Gasteiger partial charge in [0, 0.05) is 12.0 Å². The number of oxime groups is 1. The van der Waals surface area contributed by atoms with Crippen LogP contribution in [0.25, 0.3) is 0 Å². The van der Waals surface area contributed by atoms with Gasteiger partial charge in [-0.15, -0.1) is 0 Å². The van der Waals surface area contributed by atoms with Crippen LogP contribution in [0.4, 0.5) is 0 Å². The summed E-state index contributed by atoms with van der Waals surface area (Å²) in [7, 11) is 0. The van der Waals surface area contributed by atoms with Crippen LogP contribution in [0.5, 0.6) is 0 Å². The van der Waals surface area contributed by atoms with E-state index in [0.717, 1.165) is 25.9 Å². The third-order valence-electron chi connectivity index (χ3n) is 2.61. The Hall–Kier alpha value is -0.850. The predicted octanol–water partition coefficient (Wildman–Crippen LogP) is 0.138. The first-order valence-corrected chi connectivity index (χ1v) is 5.92. The summed E-state index contributed by atoms with van der Waals surface area (Å²) in [6.45, 7) is 6.66. The average molecular weight is 247 g/mol. The lowest BCUT2D eigenvalue weighted by atomic mass is 9.88. The molecular weight excluding hydrogens is 222 g/mol. The van der Waals surface area contributed by atoms with E-state index in [4.69, 9.17) is 20.8 Å². The van der Waals surface area contributed by atoms with Crippen molar-refractivity contribution in [1.82, 2.24) is 5.32 Å². The minimum atomic E-state index is -0.296. The van der Waals surface area contributed by atoms with Crippen molar-refractivity contribution in [2.45, 2.75) is 26.7 Å². The molecule has 0 bridgehead atoms. The highest BCUT2D eigenvalue weighted by atomic mass is 16.5. The molecule has 0 fully saturated rings. The molecular formula is C11H25N3O3. The highest BCUT2D eigenvalue weighted by Gasteiger charge is 2.22. The maximum absolute atomic E-state index is 8.60. The number of nitrogens with zero attached hydrogens (tertiary/aromatic N) is 1. The van der Waals surface area contributed by atoms with E-state index < -0.39 is 0 Å². The number of nitrogens with one attached hydrogen (secondary N) is 1. The van der Waals surface area contributed by atoms with Crippen molar-refractivity contribution >= 4 is 5.84 Å². The van der Waals surface area contributed by atoms with Gasteiger partial charge in [-0.2, -0.15) is 0 Å². The van der Waals surface area contributed by atoms with Crippen molar-refractivity contribution < 1.29 is 15.1 Å². The Bertz CT molecular complexity index is 220. The van der Waals surface area contributed by atoms with Crippen molar-refractivity contribution in [3.63, 3.8) is 0 Å². The second kappa shape index (κ2) is 9.21. The topological polar surface area (TPSA) is 100 Å². The molecule has 0 aliphatic carbocycles. The molecule has 0 aromatic heterocycles. The highest BCUT2D eigenvalue weighted by Crippen LogP contribution is 2.19. The number of aliphatic hydroxyl groups is 1. The van der Waals surface area contributed by atoms with Gasteiger partial charge in [-0.1, -0.05) is 19.0 Å². The number of amidine groups is 1. The van der Waals surface area contributed by atoms with Crippen molar-refractivity contribution in [3.8, 4) is 0 Å². The van der Waals surface area contributed by atoms with Gasteiger partial charge in [0.25, 0.3) is 0 Å². The molecule has 0 saturated heterocycles. The summed E-state index contributed by atoms with van der Waals surface area (Å²) < 4.78 is 5.12. The third-order valence-corrected chi connectivity index (χ3v) is 2.61. The number of rotatable bonds is 10. The second-order valence-electron chi connectivity index (χ2n) is 4.56. The van der Waals surface area contributed by atoms with Crippen LogP contribution in [0, 0.1) is 5.41 Å². The van der Waals surface area contributed by atoms with E-state index in [0.29, 0.717) is 13.2 Å². The van der Waals surface area contributed by atoms with Gasteiger partial charge in [-0.3, -0.25) is 0 Å². The summed E-state index contributed by atoms with van der Waals surface area (Å²) in [6.07, 6.45) is 1.71. The Balaban J connectivity index is 3.45. The number of hydrogen-bond acceptors (Lipinski definition) is 5. The largest absolute Gasteiger partial charge is 0.409 e. The van der Waals surface area contributed by atoms with Crippen LogP contribution in [0.15, 0.2) is 5.16 Å². The number of aliphatic hydroxyl groups excluding tert-OH is 1. The number of nitrogens with two attached hydrogens (primary N) is 1. The molecule has 0 aromatic rings. The molecule has 6 nitrogen and oxygen atoms in total. The van der Waals surface area contributed by atoms with Gasteiger partial charge in [-0.25, -0.2) is 0 Å². The quantitative estimate of drug-likeness (QED) is 0.145. The summed E-state index contributed by atoms with van der Waals surface area (Å²) in [5.41, 5.74) is 5.28. The zero-order chi connectivity index (χ0) is 13.1. The maximum atomic E-state index is 8.60. The van der Waals surface area contributed by atoms with E-state index in [9.17, 15) is 0 Å². The van der Waals surface area contributed by atoms with E-state index in [1.54, 1.807) is 0 Å². The molecule has 0 rings (SSSR count).